The van der Waals surface area contributed by atoms with Gasteiger partial charge in [0.1, 0.15) is 5.78 Å². The number of halogens is 1. The molecule has 3 nitrogen and oxygen atoms in total. The highest BCUT2D eigenvalue weighted by molar-refractivity contribution is 6.25. The number of hydrogen-bond donors (Lipinski definition) is 0. The Morgan fingerprint density at radius 2 is 1.88 bits per heavy atom. The van der Waals surface area contributed by atoms with E-state index < -0.39 is 0 Å². The second kappa shape index (κ2) is 10.2. The third-order valence-electron chi connectivity index (χ3n) is 5.19. The summed E-state index contributed by atoms with van der Waals surface area (Å²) in [6.45, 7) is 8.54. The number of rotatable bonds is 0. The second-order valence-electron chi connectivity index (χ2n) is 8.46. The van der Waals surface area contributed by atoms with Gasteiger partial charge in [-0.3, -0.25) is 9.59 Å². The number of carbonyl (C=O) groups is 2. The van der Waals surface area contributed by atoms with Crippen molar-refractivity contribution in [1.29, 1.82) is 0 Å². The molecule has 0 saturated heterocycles. The van der Waals surface area contributed by atoms with E-state index in [2.05, 4.69) is 20.8 Å². The van der Waals surface area contributed by atoms with Crippen molar-refractivity contribution in [2.24, 2.45) is 17.3 Å². The highest BCUT2D eigenvalue weighted by Crippen LogP contribution is 2.36. The third-order valence-corrected chi connectivity index (χ3v) is 5.50. The van der Waals surface area contributed by atoms with Gasteiger partial charge in [0, 0.05) is 37.5 Å². The van der Waals surface area contributed by atoms with Gasteiger partial charge in [-0.1, -0.05) is 57.4 Å². The van der Waals surface area contributed by atoms with Crippen LogP contribution in [0, 0.1) is 17.3 Å². The van der Waals surface area contributed by atoms with Crippen LogP contribution in [-0.2, 0) is 9.59 Å². The van der Waals surface area contributed by atoms with E-state index in [0.717, 1.165) is 32.1 Å². The van der Waals surface area contributed by atoms with Crippen molar-refractivity contribution in [1.82, 2.24) is 4.90 Å². The van der Waals surface area contributed by atoms with Gasteiger partial charge in [-0.2, -0.15) is 0 Å². The Morgan fingerprint density at radius 1 is 1.20 bits per heavy atom. The topological polar surface area (TPSA) is 37.4 Å². The minimum Gasteiger partial charge on any atom is -0.322 e. The fourth-order valence-electron chi connectivity index (χ4n) is 3.25. The average Bonchev–Trinajstić information content (AvgIpc) is 2.53. The summed E-state index contributed by atoms with van der Waals surface area (Å²) >= 11 is 6.06. The fourth-order valence-corrected chi connectivity index (χ4v) is 3.45. The maximum Gasteiger partial charge on any atom is 0.229 e. The van der Waals surface area contributed by atoms with Gasteiger partial charge in [-0.25, -0.2) is 0 Å². The molecule has 1 aliphatic heterocycles. The Balaban J connectivity index is 2.95. The summed E-state index contributed by atoms with van der Waals surface area (Å²) in [4.78, 5) is 26.4. The lowest BCUT2D eigenvalue weighted by molar-refractivity contribution is -0.131. The van der Waals surface area contributed by atoms with Gasteiger partial charge in [-0.05, 0) is 37.0 Å². The van der Waals surface area contributed by atoms with Crippen molar-refractivity contribution in [3.8, 4) is 0 Å². The van der Waals surface area contributed by atoms with Gasteiger partial charge < -0.3 is 4.90 Å². The van der Waals surface area contributed by atoms with Crippen molar-refractivity contribution < 1.29 is 9.59 Å². The highest BCUT2D eigenvalue weighted by Gasteiger charge is 2.27. The van der Waals surface area contributed by atoms with Crippen molar-refractivity contribution in [2.45, 2.75) is 72.6 Å². The second-order valence-corrected chi connectivity index (χ2v) is 8.68. The molecule has 1 amide bonds. The maximum absolute atomic E-state index is 12.4. The molecule has 0 fully saturated rings. The Labute approximate surface area is 158 Å². The van der Waals surface area contributed by atoms with E-state index in [-0.39, 0.29) is 28.9 Å². The molecular weight excluding hydrogens is 334 g/mol. The molecule has 1 heterocycles. The molecule has 0 aromatic rings. The van der Waals surface area contributed by atoms with Crippen LogP contribution in [0.4, 0.5) is 0 Å². The quantitative estimate of drug-likeness (QED) is 0.551. The standard InChI is InChI=1S/C21H34ClNO2/c1-16-9-6-7-10-17(15-22)13-18(21(2,3)4)14-19(24)11-8-12-23(5)20(16)25/h8,12,15-16,18H,6-7,9-11,13-14H2,1-5H3. The van der Waals surface area contributed by atoms with E-state index in [0.29, 0.717) is 12.8 Å². The zero-order valence-electron chi connectivity index (χ0n) is 16.5. The van der Waals surface area contributed by atoms with E-state index in [1.54, 1.807) is 23.7 Å². The van der Waals surface area contributed by atoms with Crippen LogP contribution < -0.4 is 0 Å². The molecular formula is C21H34ClNO2. The molecule has 0 aromatic heterocycles. The van der Waals surface area contributed by atoms with Crippen LogP contribution in [-0.4, -0.2) is 23.6 Å². The van der Waals surface area contributed by atoms with Crippen LogP contribution in [0.5, 0.6) is 0 Å². The molecule has 1 rings (SSSR count). The third kappa shape index (κ3) is 7.77. The first kappa shape index (κ1) is 22.0. The molecule has 4 heteroatoms. The van der Waals surface area contributed by atoms with Crippen LogP contribution in [0.1, 0.15) is 72.6 Å². The molecule has 142 valence electrons. The monoisotopic (exact) mass is 367 g/mol. The van der Waals surface area contributed by atoms with Crippen LogP contribution >= 0.6 is 11.6 Å². The molecule has 0 radical (unpaired) electrons. The number of amides is 1. The number of hydrogen-bond acceptors (Lipinski definition) is 2. The highest BCUT2D eigenvalue weighted by atomic mass is 35.5. The summed E-state index contributed by atoms with van der Waals surface area (Å²) in [6.07, 6.45) is 9.22. The molecule has 0 aromatic carbocycles. The minimum absolute atomic E-state index is 0.00114. The Kier molecular flexibility index (Phi) is 8.92. The number of nitrogens with zero attached hydrogens (tertiary/aromatic N) is 1. The summed E-state index contributed by atoms with van der Waals surface area (Å²) in [7, 11) is 1.77. The van der Waals surface area contributed by atoms with Crippen molar-refractivity contribution >= 4 is 23.3 Å². The lowest BCUT2D eigenvalue weighted by atomic mass is 9.74. The van der Waals surface area contributed by atoms with Crippen LogP contribution in [0.15, 0.2) is 23.4 Å². The van der Waals surface area contributed by atoms with Crippen LogP contribution in [0.25, 0.3) is 0 Å². The maximum atomic E-state index is 12.4. The largest absolute Gasteiger partial charge is 0.322 e. The number of allylic oxidation sites excluding steroid dienone is 2. The van der Waals surface area contributed by atoms with E-state index in [4.69, 9.17) is 11.6 Å². The molecule has 25 heavy (non-hydrogen) atoms. The van der Waals surface area contributed by atoms with Gasteiger partial charge in [0.2, 0.25) is 5.91 Å². The number of Topliss-reactive ketones (excluding diaryl/α,β-unsaturated/α-hetero) is 1. The van der Waals surface area contributed by atoms with Crippen LogP contribution in [0.2, 0.25) is 0 Å². The SMILES string of the molecule is CC1CCCCC(=CCl)CC(C(C)(C)C)CC(=O)CC=CN(C)C1=O. The zero-order chi connectivity index (χ0) is 19.0. The van der Waals surface area contributed by atoms with Crippen molar-refractivity contribution in [3.63, 3.8) is 0 Å². The molecule has 0 spiro atoms. The predicted molar refractivity (Wildman–Crippen MR) is 105 cm³/mol. The van der Waals surface area contributed by atoms with Gasteiger partial charge in [0.05, 0.1) is 0 Å². The van der Waals surface area contributed by atoms with Crippen LogP contribution in [0.3, 0.4) is 0 Å². The molecule has 2 unspecified atom stereocenters. The number of ketones is 1. The summed E-state index contributed by atoms with van der Waals surface area (Å²) in [5, 5.41) is 0. The average molecular weight is 368 g/mol. The molecule has 1 aliphatic rings. The first-order chi connectivity index (χ1) is 11.6. The predicted octanol–water partition coefficient (Wildman–Crippen LogP) is 5.69. The minimum atomic E-state index is 0.00114. The summed E-state index contributed by atoms with van der Waals surface area (Å²) in [5.74, 6) is 0.608. The van der Waals surface area contributed by atoms with E-state index >= 15 is 0 Å². The first-order valence-corrected chi connectivity index (χ1v) is 9.82. The van der Waals surface area contributed by atoms with Crippen molar-refractivity contribution in [3.05, 3.63) is 23.4 Å². The van der Waals surface area contributed by atoms with E-state index in [1.165, 1.54) is 5.57 Å². The lowest BCUT2D eigenvalue weighted by Gasteiger charge is -2.31. The summed E-state index contributed by atoms with van der Waals surface area (Å²) in [5.41, 5.74) is 2.97. The molecule has 0 aliphatic carbocycles. The Bertz CT molecular complexity index is 516. The molecule has 0 N–H and O–H groups in total. The van der Waals surface area contributed by atoms with Gasteiger partial charge in [0.25, 0.3) is 0 Å². The Hall–Kier alpha value is -1.09. The number of carbonyl (C=O) groups excluding carboxylic acids is 2. The molecule has 2 atom stereocenters. The molecule has 0 saturated carbocycles. The van der Waals surface area contributed by atoms with Gasteiger partial charge in [0.15, 0.2) is 0 Å². The van der Waals surface area contributed by atoms with Gasteiger partial charge in [-0.15, -0.1) is 0 Å². The summed E-state index contributed by atoms with van der Waals surface area (Å²) < 4.78 is 0. The molecule has 0 bridgehead atoms. The summed E-state index contributed by atoms with van der Waals surface area (Å²) in [6, 6.07) is 0. The van der Waals surface area contributed by atoms with Gasteiger partial charge >= 0.3 is 0 Å². The smallest absolute Gasteiger partial charge is 0.229 e. The zero-order valence-corrected chi connectivity index (χ0v) is 17.2. The first-order valence-electron chi connectivity index (χ1n) is 9.38. The normalized spacial score (nSPS) is 27.3. The van der Waals surface area contributed by atoms with Crippen molar-refractivity contribution in [2.75, 3.05) is 7.05 Å². The lowest BCUT2D eigenvalue weighted by Crippen LogP contribution is -2.27. The van der Waals surface area contributed by atoms with E-state index in [9.17, 15) is 9.59 Å². The van der Waals surface area contributed by atoms with E-state index in [1.807, 2.05) is 13.0 Å². The fraction of sp³-hybridized carbons (Fsp3) is 0.714. The Morgan fingerprint density at radius 3 is 2.48 bits per heavy atom.